The van der Waals surface area contributed by atoms with Crippen LogP contribution in [0.15, 0.2) is 91.0 Å². The third-order valence-electron chi connectivity index (χ3n) is 6.82. The molecule has 1 saturated carbocycles. The summed E-state index contributed by atoms with van der Waals surface area (Å²) in [6.45, 7) is 1.13. The Hall–Kier alpha value is -3.03. The summed E-state index contributed by atoms with van der Waals surface area (Å²) in [4.78, 5) is 12.4. The highest BCUT2D eigenvalue weighted by Gasteiger charge is 2.58. The van der Waals surface area contributed by atoms with Gasteiger partial charge in [-0.25, -0.2) is 0 Å². The van der Waals surface area contributed by atoms with Crippen LogP contribution < -0.4 is 5.32 Å². The number of rotatable bonds is 9. The van der Waals surface area contributed by atoms with Crippen LogP contribution in [-0.4, -0.2) is 41.5 Å². The van der Waals surface area contributed by atoms with E-state index in [2.05, 4.69) is 5.32 Å². The van der Waals surface area contributed by atoms with Crippen molar-refractivity contribution in [3.63, 3.8) is 0 Å². The lowest BCUT2D eigenvalue weighted by atomic mass is 9.88. The van der Waals surface area contributed by atoms with E-state index in [4.69, 9.17) is 14.2 Å². The van der Waals surface area contributed by atoms with E-state index in [0.29, 0.717) is 19.8 Å². The zero-order chi connectivity index (χ0) is 24.0. The highest BCUT2D eigenvalue weighted by Crippen LogP contribution is 2.40. The van der Waals surface area contributed by atoms with Gasteiger partial charge in [0.05, 0.1) is 44.5 Å². The molecule has 3 aromatic carbocycles. The second-order valence-corrected chi connectivity index (χ2v) is 9.23. The van der Waals surface area contributed by atoms with Crippen LogP contribution in [0.25, 0.3) is 0 Å². The minimum Gasteiger partial charge on any atom is -0.392 e. The summed E-state index contributed by atoms with van der Waals surface area (Å²) in [6.07, 6.45) is -2.17. The number of hydrogen-bond acceptors (Lipinski definition) is 5. The Morgan fingerprint density at radius 1 is 0.657 bits per heavy atom. The molecule has 1 aliphatic heterocycles. The van der Waals surface area contributed by atoms with Gasteiger partial charge in [0.15, 0.2) is 0 Å². The highest BCUT2D eigenvalue weighted by atomic mass is 16.6. The zero-order valence-corrected chi connectivity index (χ0v) is 19.5. The monoisotopic (exact) mass is 473 g/mol. The summed E-state index contributed by atoms with van der Waals surface area (Å²) in [7, 11) is 0. The van der Waals surface area contributed by atoms with Crippen molar-refractivity contribution in [2.24, 2.45) is 5.92 Å². The van der Waals surface area contributed by atoms with Gasteiger partial charge in [-0.1, -0.05) is 91.0 Å². The van der Waals surface area contributed by atoms with E-state index in [9.17, 15) is 9.90 Å². The molecule has 0 aromatic heterocycles. The van der Waals surface area contributed by atoms with Gasteiger partial charge in [-0.15, -0.1) is 0 Å². The molecule has 1 amide bonds. The number of aliphatic hydroxyl groups is 1. The van der Waals surface area contributed by atoms with Gasteiger partial charge >= 0.3 is 0 Å². The molecule has 1 saturated heterocycles. The van der Waals surface area contributed by atoms with E-state index in [0.717, 1.165) is 16.7 Å². The summed E-state index contributed by atoms with van der Waals surface area (Å²) in [5.41, 5.74) is 3.10. The second kappa shape index (κ2) is 11.1. The van der Waals surface area contributed by atoms with Crippen molar-refractivity contribution < 1.29 is 24.1 Å². The molecule has 35 heavy (non-hydrogen) atoms. The van der Waals surface area contributed by atoms with Gasteiger partial charge in [0.25, 0.3) is 0 Å². The Morgan fingerprint density at radius 2 is 1.09 bits per heavy atom. The molecule has 1 unspecified atom stereocenters. The van der Waals surface area contributed by atoms with E-state index < -0.39 is 30.5 Å². The molecule has 0 bridgehead atoms. The molecule has 1 aliphatic carbocycles. The summed E-state index contributed by atoms with van der Waals surface area (Å²) in [5, 5.41) is 14.0. The maximum absolute atomic E-state index is 12.4. The standard InChI is InChI=1S/C29H31NO5/c31-23-16-24(32)30-26-25(23)27(33-17-20-10-4-1-5-11-20)29(35-19-22-14-8-3-9-15-22)28(26)34-18-21-12-6-2-7-13-21/h1-15,23,25-29,31H,16-19H2,(H,30,32)/t23?,25-,26-,27+,28+,29-/m0/s1. The number of amides is 1. The minimum atomic E-state index is -0.831. The first-order valence-corrected chi connectivity index (χ1v) is 12.1. The zero-order valence-electron chi connectivity index (χ0n) is 19.5. The van der Waals surface area contributed by atoms with Crippen LogP contribution in [0.4, 0.5) is 0 Å². The van der Waals surface area contributed by atoms with E-state index in [1.807, 2.05) is 91.0 Å². The fourth-order valence-electron chi connectivity index (χ4n) is 5.14. The molecule has 0 spiro atoms. The smallest absolute Gasteiger partial charge is 0.222 e. The average Bonchev–Trinajstić information content (AvgIpc) is 3.19. The van der Waals surface area contributed by atoms with Crippen molar-refractivity contribution in [1.82, 2.24) is 5.32 Å². The fraction of sp³-hybridized carbons (Fsp3) is 0.345. The van der Waals surface area contributed by atoms with Crippen molar-refractivity contribution in [2.45, 2.75) is 56.7 Å². The molecule has 5 rings (SSSR count). The topological polar surface area (TPSA) is 77.0 Å². The summed E-state index contributed by atoms with van der Waals surface area (Å²) >= 11 is 0. The Kier molecular flexibility index (Phi) is 7.54. The lowest BCUT2D eigenvalue weighted by molar-refractivity contribution is -0.135. The van der Waals surface area contributed by atoms with E-state index in [-0.39, 0.29) is 18.2 Å². The van der Waals surface area contributed by atoms with Gasteiger partial charge in [0.2, 0.25) is 5.91 Å². The number of aliphatic hydroxyl groups excluding tert-OH is 1. The number of carbonyl (C=O) groups is 1. The van der Waals surface area contributed by atoms with Crippen LogP contribution in [0.3, 0.4) is 0 Å². The van der Waals surface area contributed by atoms with Gasteiger partial charge < -0.3 is 24.6 Å². The van der Waals surface area contributed by atoms with Crippen LogP contribution in [-0.2, 0) is 38.8 Å². The lowest BCUT2D eigenvalue weighted by Crippen LogP contribution is -2.55. The molecule has 6 atom stereocenters. The second-order valence-electron chi connectivity index (χ2n) is 9.23. The quantitative estimate of drug-likeness (QED) is 0.497. The number of piperidine rings is 1. The molecule has 6 heteroatoms. The first-order chi connectivity index (χ1) is 17.2. The van der Waals surface area contributed by atoms with Crippen molar-refractivity contribution in [3.8, 4) is 0 Å². The van der Waals surface area contributed by atoms with Crippen molar-refractivity contribution in [2.75, 3.05) is 0 Å². The van der Waals surface area contributed by atoms with Gasteiger partial charge in [-0.05, 0) is 16.7 Å². The van der Waals surface area contributed by atoms with Crippen LogP contribution in [0, 0.1) is 5.92 Å². The minimum absolute atomic E-state index is 0.0448. The molecule has 1 heterocycles. The normalized spacial score (nSPS) is 27.9. The fourth-order valence-corrected chi connectivity index (χ4v) is 5.14. The number of hydrogen-bond donors (Lipinski definition) is 2. The van der Waals surface area contributed by atoms with Crippen LogP contribution >= 0.6 is 0 Å². The average molecular weight is 474 g/mol. The molecular formula is C29H31NO5. The molecule has 0 radical (unpaired) electrons. The van der Waals surface area contributed by atoms with Gasteiger partial charge in [-0.3, -0.25) is 4.79 Å². The Labute approximate surface area is 205 Å². The Morgan fingerprint density at radius 3 is 1.57 bits per heavy atom. The SMILES string of the molecule is O=C1CC(O)[C@H]2[C@H](N1)[C@@H](OCc1ccccc1)[C@@H](OCc1ccccc1)[C@@H]2OCc1ccccc1. The van der Waals surface area contributed by atoms with Crippen LogP contribution in [0.2, 0.25) is 0 Å². The third kappa shape index (κ3) is 5.63. The van der Waals surface area contributed by atoms with Gasteiger partial charge in [-0.2, -0.15) is 0 Å². The first kappa shape index (κ1) is 23.7. The molecule has 182 valence electrons. The highest BCUT2D eigenvalue weighted by molar-refractivity contribution is 5.78. The number of fused-ring (bicyclic) bond motifs is 1. The number of carbonyl (C=O) groups excluding carboxylic acids is 1. The van der Waals surface area contributed by atoms with E-state index in [1.165, 1.54) is 0 Å². The van der Waals surface area contributed by atoms with Crippen molar-refractivity contribution >= 4 is 5.91 Å². The molecule has 2 fully saturated rings. The van der Waals surface area contributed by atoms with E-state index in [1.54, 1.807) is 0 Å². The van der Waals surface area contributed by atoms with Crippen LogP contribution in [0.1, 0.15) is 23.1 Å². The maximum atomic E-state index is 12.4. The molecule has 3 aromatic rings. The summed E-state index contributed by atoms with van der Waals surface area (Å²) < 4.78 is 19.3. The predicted octanol–water partition coefficient (Wildman–Crippen LogP) is 3.62. The third-order valence-corrected chi connectivity index (χ3v) is 6.82. The molecule has 2 N–H and O–H groups in total. The predicted molar refractivity (Wildman–Crippen MR) is 131 cm³/mol. The Bertz CT molecular complexity index is 1080. The molecule has 2 aliphatic rings. The first-order valence-electron chi connectivity index (χ1n) is 12.1. The number of benzene rings is 3. The van der Waals surface area contributed by atoms with Gasteiger partial charge in [0.1, 0.15) is 12.2 Å². The van der Waals surface area contributed by atoms with Crippen LogP contribution in [0.5, 0.6) is 0 Å². The maximum Gasteiger partial charge on any atom is 0.222 e. The molecular weight excluding hydrogens is 442 g/mol. The lowest BCUT2D eigenvalue weighted by Gasteiger charge is -2.34. The number of nitrogens with one attached hydrogen (secondary N) is 1. The van der Waals surface area contributed by atoms with Gasteiger partial charge in [0, 0.05) is 5.92 Å². The van der Waals surface area contributed by atoms with E-state index >= 15 is 0 Å². The number of ether oxygens (including phenoxy) is 3. The summed E-state index contributed by atoms with van der Waals surface area (Å²) in [5.74, 6) is -0.518. The Balaban J connectivity index is 1.41. The van der Waals surface area contributed by atoms with Crippen molar-refractivity contribution in [1.29, 1.82) is 0 Å². The largest absolute Gasteiger partial charge is 0.392 e. The summed E-state index contributed by atoms with van der Waals surface area (Å²) in [6, 6.07) is 29.4. The van der Waals surface area contributed by atoms with Crippen molar-refractivity contribution in [3.05, 3.63) is 108 Å². The molecule has 6 nitrogen and oxygen atoms in total.